The van der Waals surface area contributed by atoms with E-state index in [0.717, 1.165) is 23.7 Å². The molecule has 0 aromatic heterocycles. The molecule has 0 fully saturated rings. The van der Waals surface area contributed by atoms with Crippen LogP contribution in [0.1, 0.15) is 45.2 Å². The minimum atomic E-state index is -4.75. The average Bonchev–Trinajstić information content (AvgIpc) is 2.77. The van der Waals surface area contributed by atoms with Gasteiger partial charge in [0, 0.05) is 6.42 Å². The van der Waals surface area contributed by atoms with E-state index < -0.39 is 45.7 Å². The quantitative estimate of drug-likeness (QED) is 0.443. The van der Waals surface area contributed by atoms with Crippen LogP contribution < -0.4 is 9.04 Å². The van der Waals surface area contributed by atoms with E-state index in [4.69, 9.17) is 4.74 Å². The van der Waals surface area contributed by atoms with Crippen LogP contribution in [0.4, 0.5) is 18.9 Å². The van der Waals surface area contributed by atoms with Gasteiger partial charge in [0.25, 0.3) is 10.0 Å². The van der Waals surface area contributed by atoms with Gasteiger partial charge in [-0.2, -0.15) is 18.4 Å². The van der Waals surface area contributed by atoms with Crippen LogP contribution >= 0.6 is 0 Å². The van der Waals surface area contributed by atoms with Gasteiger partial charge in [-0.3, -0.25) is 9.10 Å². The highest BCUT2D eigenvalue weighted by molar-refractivity contribution is 7.92. The van der Waals surface area contributed by atoms with Crippen molar-refractivity contribution in [2.75, 3.05) is 10.8 Å². The van der Waals surface area contributed by atoms with Crippen LogP contribution in [0, 0.1) is 23.7 Å². The summed E-state index contributed by atoms with van der Waals surface area (Å²) in [6.45, 7) is 6.69. The SMILES string of the molecule is Cc1ccc(S(=O)(=O)N2CC(CC(C)(C)C#N)Oc3ccc(CC(=O)OC(C)(C)C(F)(F)F)cc32)cc1. The van der Waals surface area contributed by atoms with Gasteiger partial charge in [0.1, 0.15) is 11.9 Å². The Hall–Kier alpha value is -3.26. The molecule has 0 saturated carbocycles. The van der Waals surface area contributed by atoms with Crippen LogP contribution in [-0.2, 0) is 26.0 Å². The van der Waals surface area contributed by atoms with E-state index in [2.05, 4.69) is 10.8 Å². The minimum Gasteiger partial charge on any atom is -0.486 e. The molecule has 7 nitrogen and oxygen atoms in total. The van der Waals surface area contributed by atoms with Crippen LogP contribution in [0.2, 0.25) is 0 Å². The predicted octanol–water partition coefficient (Wildman–Crippen LogP) is 5.32. The zero-order chi connectivity index (χ0) is 27.8. The summed E-state index contributed by atoms with van der Waals surface area (Å²) in [4.78, 5) is 12.3. The number of carbonyl (C=O) groups excluding carboxylic acids is 1. The van der Waals surface area contributed by atoms with Crippen LogP contribution in [0.3, 0.4) is 0 Å². The number of fused-ring (bicyclic) bond motifs is 1. The highest BCUT2D eigenvalue weighted by Crippen LogP contribution is 2.40. The summed E-state index contributed by atoms with van der Waals surface area (Å²) >= 11 is 0. The number of alkyl halides is 3. The number of hydrogen-bond donors (Lipinski definition) is 0. The first kappa shape index (κ1) is 28.3. The third kappa shape index (κ3) is 6.36. The molecular formula is C26H29F3N2O5S. The fraction of sp³-hybridized carbons (Fsp3) is 0.462. The van der Waals surface area contributed by atoms with Crippen molar-refractivity contribution in [3.05, 3.63) is 53.6 Å². The number of sulfonamides is 1. The summed E-state index contributed by atoms with van der Waals surface area (Å²) in [5.74, 6) is -0.894. The van der Waals surface area contributed by atoms with Gasteiger partial charge in [-0.15, -0.1) is 0 Å². The van der Waals surface area contributed by atoms with Crippen LogP contribution in [-0.4, -0.2) is 38.8 Å². The van der Waals surface area contributed by atoms with Crippen LogP contribution in [0.5, 0.6) is 5.75 Å². The Kier molecular flexibility index (Phi) is 7.57. The molecule has 2 aromatic rings. The number of nitrogens with zero attached hydrogens (tertiary/aromatic N) is 2. The van der Waals surface area contributed by atoms with E-state index in [9.17, 15) is 31.6 Å². The van der Waals surface area contributed by atoms with Crippen molar-refractivity contribution in [1.29, 1.82) is 5.26 Å². The Balaban J connectivity index is 1.98. The third-order valence-electron chi connectivity index (χ3n) is 6.00. The summed E-state index contributed by atoms with van der Waals surface area (Å²) in [5.41, 5.74) is -2.19. The Labute approximate surface area is 214 Å². The molecule has 0 bridgehead atoms. The Morgan fingerprint density at radius 3 is 2.32 bits per heavy atom. The highest BCUT2D eigenvalue weighted by Gasteiger charge is 2.50. The minimum absolute atomic E-state index is 0.0426. The largest absolute Gasteiger partial charge is 0.486 e. The molecular weight excluding hydrogens is 509 g/mol. The number of ether oxygens (including phenoxy) is 2. The fourth-order valence-electron chi connectivity index (χ4n) is 3.80. The summed E-state index contributed by atoms with van der Waals surface area (Å²) < 4.78 is 78.5. The van der Waals surface area contributed by atoms with Crippen molar-refractivity contribution >= 4 is 21.7 Å². The Bertz CT molecular complexity index is 1310. The van der Waals surface area contributed by atoms with Gasteiger partial charge in [0.05, 0.1) is 35.0 Å². The summed E-state index contributed by atoms with van der Waals surface area (Å²) in [6.07, 6.45) is -5.64. The Morgan fingerprint density at radius 2 is 1.76 bits per heavy atom. The van der Waals surface area contributed by atoms with Crippen LogP contribution in [0.15, 0.2) is 47.4 Å². The van der Waals surface area contributed by atoms with E-state index in [1.54, 1.807) is 26.0 Å². The second-order valence-corrected chi connectivity index (χ2v) is 12.1. The van der Waals surface area contributed by atoms with E-state index in [-0.39, 0.29) is 34.9 Å². The standard InChI is InChI=1S/C26H29F3N2O5S/c1-17-6-9-20(10-7-17)37(33,34)31-15-19(14-24(2,3)16-30)35-22-11-8-18(12-21(22)31)13-23(32)36-25(4,5)26(27,28)29/h6-12,19H,13-15H2,1-5H3. The number of halogens is 3. The number of hydrogen-bond acceptors (Lipinski definition) is 6. The van der Waals surface area contributed by atoms with Gasteiger partial charge in [0.2, 0.25) is 5.60 Å². The van der Waals surface area contributed by atoms with Crippen molar-refractivity contribution in [2.24, 2.45) is 5.41 Å². The van der Waals surface area contributed by atoms with E-state index >= 15 is 0 Å². The molecule has 1 unspecified atom stereocenters. The molecule has 0 aliphatic carbocycles. The maximum Gasteiger partial charge on any atom is 0.427 e. The van der Waals surface area contributed by atoms with E-state index in [1.165, 1.54) is 30.3 Å². The number of benzene rings is 2. The van der Waals surface area contributed by atoms with Gasteiger partial charge in [0.15, 0.2) is 0 Å². The molecule has 3 rings (SSSR count). The molecule has 1 atom stereocenters. The zero-order valence-corrected chi connectivity index (χ0v) is 22.0. The molecule has 37 heavy (non-hydrogen) atoms. The van der Waals surface area contributed by atoms with E-state index in [0.29, 0.717) is 0 Å². The topological polar surface area (TPSA) is 96.7 Å². The van der Waals surface area contributed by atoms with E-state index in [1.807, 2.05) is 6.92 Å². The third-order valence-corrected chi connectivity index (χ3v) is 7.80. The maximum atomic E-state index is 13.7. The summed E-state index contributed by atoms with van der Waals surface area (Å²) in [5, 5.41) is 9.45. The first-order valence-corrected chi connectivity index (χ1v) is 13.0. The average molecular weight is 539 g/mol. The van der Waals surface area contributed by atoms with Gasteiger partial charge in [-0.25, -0.2) is 8.42 Å². The lowest BCUT2D eigenvalue weighted by molar-refractivity contribution is -0.257. The molecule has 1 heterocycles. The van der Waals surface area contributed by atoms with Gasteiger partial charge in [-0.05, 0) is 64.4 Å². The van der Waals surface area contributed by atoms with Crippen molar-refractivity contribution in [3.63, 3.8) is 0 Å². The monoisotopic (exact) mass is 538 g/mol. The maximum absolute atomic E-state index is 13.7. The second-order valence-electron chi connectivity index (χ2n) is 10.2. The fourth-order valence-corrected chi connectivity index (χ4v) is 5.30. The zero-order valence-electron chi connectivity index (χ0n) is 21.2. The molecule has 0 amide bonds. The van der Waals surface area contributed by atoms with Crippen molar-refractivity contribution in [3.8, 4) is 11.8 Å². The summed E-state index contributed by atoms with van der Waals surface area (Å²) in [7, 11) is -4.08. The van der Waals surface area contributed by atoms with Crippen molar-refractivity contribution in [2.45, 2.75) is 70.2 Å². The first-order chi connectivity index (χ1) is 16.9. The number of rotatable bonds is 7. The lowest BCUT2D eigenvalue weighted by Gasteiger charge is -2.37. The molecule has 1 aliphatic heterocycles. The number of anilines is 1. The van der Waals surface area contributed by atoms with Crippen molar-refractivity contribution in [1.82, 2.24) is 0 Å². The molecule has 200 valence electrons. The molecule has 0 saturated heterocycles. The van der Waals surface area contributed by atoms with Crippen molar-refractivity contribution < 1.29 is 35.9 Å². The summed E-state index contributed by atoms with van der Waals surface area (Å²) in [6, 6.07) is 12.8. The second kappa shape index (κ2) is 9.89. The number of esters is 1. The van der Waals surface area contributed by atoms with Crippen LogP contribution in [0.25, 0.3) is 0 Å². The molecule has 2 aromatic carbocycles. The molecule has 0 radical (unpaired) electrons. The molecule has 0 N–H and O–H groups in total. The number of nitriles is 1. The number of carbonyl (C=O) groups is 1. The predicted molar refractivity (Wildman–Crippen MR) is 131 cm³/mol. The smallest absolute Gasteiger partial charge is 0.427 e. The normalized spacial score (nSPS) is 16.4. The van der Waals surface area contributed by atoms with Gasteiger partial charge in [-0.1, -0.05) is 23.8 Å². The first-order valence-electron chi connectivity index (χ1n) is 11.5. The van der Waals surface area contributed by atoms with Gasteiger partial charge >= 0.3 is 12.1 Å². The Morgan fingerprint density at radius 1 is 1.14 bits per heavy atom. The molecule has 1 aliphatic rings. The number of aryl methyl sites for hydroxylation is 1. The molecule has 11 heteroatoms. The highest BCUT2D eigenvalue weighted by atomic mass is 32.2. The lowest BCUT2D eigenvalue weighted by atomic mass is 9.88. The molecule has 0 spiro atoms. The van der Waals surface area contributed by atoms with Gasteiger partial charge < -0.3 is 9.47 Å². The lowest BCUT2D eigenvalue weighted by Crippen LogP contribution is -2.45.